The molecule has 0 unspecified atom stereocenters. The van der Waals surface area contributed by atoms with Crippen LogP contribution < -0.4 is 10.1 Å². The molecule has 30 heavy (non-hydrogen) atoms. The van der Waals surface area contributed by atoms with Gasteiger partial charge in [0.1, 0.15) is 10.6 Å². The fourth-order valence-corrected chi connectivity index (χ4v) is 4.78. The van der Waals surface area contributed by atoms with Crippen LogP contribution in [0.5, 0.6) is 5.75 Å². The van der Waals surface area contributed by atoms with Crippen LogP contribution in [0.25, 0.3) is 6.08 Å². The van der Waals surface area contributed by atoms with Crippen LogP contribution in [0.4, 0.5) is 0 Å². The Balaban J connectivity index is 1.76. The summed E-state index contributed by atoms with van der Waals surface area (Å²) in [7, 11) is -2.29. The van der Waals surface area contributed by atoms with Gasteiger partial charge in [0.05, 0.1) is 26.4 Å². The van der Waals surface area contributed by atoms with Gasteiger partial charge in [-0.3, -0.25) is 4.79 Å². The van der Waals surface area contributed by atoms with Crippen molar-refractivity contribution in [3.63, 3.8) is 0 Å². The molecule has 8 heteroatoms. The predicted molar refractivity (Wildman–Crippen MR) is 115 cm³/mol. The number of hydrogen-bond acceptors (Lipinski definition) is 5. The third kappa shape index (κ3) is 5.27. The molecule has 1 N–H and O–H groups in total. The largest absolute Gasteiger partial charge is 0.495 e. The van der Waals surface area contributed by atoms with Gasteiger partial charge in [0.15, 0.2) is 0 Å². The van der Waals surface area contributed by atoms with Crippen molar-refractivity contribution in [1.29, 1.82) is 0 Å². The molecule has 0 radical (unpaired) electrons. The summed E-state index contributed by atoms with van der Waals surface area (Å²) in [6.07, 6.45) is 2.98. The van der Waals surface area contributed by atoms with Crippen molar-refractivity contribution in [2.75, 3.05) is 33.4 Å². The van der Waals surface area contributed by atoms with Gasteiger partial charge in [0, 0.05) is 19.2 Å². The first-order valence-corrected chi connectivity index (χ1v) is 11.2. The second kappa shape index (κ2) is 9.88. The molecule has 0 saturated carbocycles. The fraction of sp³-hybridized carbons (Fsp3) is 0.318. The number of hydrogen-bond donors (Lipinski definition) is 1. The molecule has 7 nitrogen and oxygen atoms in total. The second-order valence-corrected chi connectivity index (χ2v) is 8.81. The summed E-state index contributed by atoms with van der Waals surface area (Å²) in [4.78, 5) is 12.4. The Morgan fingerprint density at radius 2 is 1.87 bits per heavy atom. The van der Waals surface area contributed by atoms with Gasteiger partial charge in [-0.05, 0) is 36.3 Å². The summed E-state index contributed by atoms with van der Waals surface area (Å²) in [5, 5.41) is 2.89. The van der Waals surface area contributed by atoms with E-state index in [1.54, 1.807) is 18.2 Å². The summed E-state index contributed by atoms with van der Waals surface area (Å²) in [5.41, 5.74) is 1.59. The summed E-state index contributed by atoms with van der Waals surface area (Å²) in [6, 6.07) is 14.3. The van der Waals surface area contributed by atoms with Crippen molar-refractivity contribution in [1.82, 2.24) is 9.62 Å². The van der Waals surface area contributed by atoms with E-state index in [1.165, 1.54) is 23.6 Å². The molecule has 0 aliphatic carbocycles. The van der Waals surface area contributed by atoms with Gasteiger partial charge in [-0.1, -0.05) is 36.4 Å². The van der Waals surface area contributed by atoms with E-state index in [2.05, 4.69) is 5.32 Å². The van der Waals surface area contributed by atoms with Crippen LogP contribution in [-0.2, 0) is 19.6 Å². The molecule has 160 valence electrons. The molecule has 0 bridgehead atoms. The molecular weight excluding hydrogens is 404 g/mol. The van der Waals surface area contributed by atoms with Gasteiger partial charge in [0.2, 0.25) is 15.9 Å². The van der Waals surface area contributed by atoms with E-state index in [0.717, 1.165) is 5.56 Å². The number of amides is 1. The lowest BCUT2D eigenvalue weighted by Crippen LogP contribution is -2.40. The minimum Gasteiger partial charge on any atom is -0.495 e. The smallest absolute Gasteiger partial charge is 0.246 e. The maximum atomic E-state index is 13.0. The van der Waals surface area contributed by atoms with Crippen molar-refractivity contribution in [2.24, 2.45) is 0 Å². The van der Waals surface area contributed by atoms with Crippen LogP contribution in [0.1, 0.15) is 24.1 Å². The van der Waals surface area contributed by atoms with Crippen LogP contribution >= 0.6 is 0 Å². The van der Waals surface area contributed by atoms with Gasteiger partial charge < -0.3 is 14.8 Å². The van der Waals surface area contributed by atoms with E-state index in [-0.39, 0.29) is 22.6 Å². The highest BCUT2D eigenvalue weighted by atomic mass is 32.2. The number of benzene rings is 2. The van der Waals surface area contributed by atoms with Crippen LogP contribution in [0.2, 0.25) is 0 Å². The minimum atomic E-state index is -3.73. The molecule has 1 saturated heterocycles. The lowest BCUT2D eigenvalue weighted by Gasteiger charge is -2.26. The molecule has 0 aromatic heterocycles. The molecule has 1 atom stereocenters. The summed E-state index contributed by atoms with van der Waals surface area (Å²) < 4.78 is 38.0. The molecule has 1 amide bonds. The zero-order chi connectivity index (χ0) is 21.6. The summed E-state index contributed by atoms with van der Waals surface area (Å²) >= 11 is 0. The van der Waals surface area contributed by atoms with Crippen LogP contribution in [0, 0.1) is 0 Å². The zero-order valence-electron chi connectivity index (χ0n) is 17.1. The van der Waals surface area contributed by atoms with E-state index < -0.39 is 10.0 Å². The van der Waals surface area contributed by atoms with Crippen LogP contribution in [-0.4, -0.2) is 52.0 Å². The fourth-order valence-electron chi connectivity index (χ4n) is 3.18. The van der Waals surface area contributed by atoms with E-state index in [0.29, 0.717) is 31.9 Å². The quantitative estimate of drug-likeness (QED) is 0.683. The first-order chi connectivity index (χ1) is 14.4. The summed E-state index contributed by atoms with van der Waals surface area (Å²) in [6.45, 7) is 3.22. The Morgan fingerprint density at radius 3 is 2.53 bits per heavy atom. The third-order valence-corrected chi connectivity index (χ3v) is 6.78. The Morgan fingerprint density at radius 1 is 1.17 bits per heavy atom. The molecular formula is C22H26N2O5S. The first-order valence-electron chi connectivity index (χ1n) is 9.71. The maximum Gasteiger partial charge on any atom is 0.246 e. The molecule has 3 rings (SSSR count). The highest BCUT2D eigenvalue weighted by molar-refractivity contribution is 7.89. The normalized spacial score (nSPS) is 16.3. The highest BCUT2D eigenvalue weighted by Gasteiger charge is 2.29. The van der Waals surface area contributed by atoms with Gasteiger partial charge in [-0.15, -0.1) is 0 Å². The number of carbonyl (C=O) groups is 1. The number of nitrogens with one attached hydrogen (secondary N) is 1. The number of rotatable bonds is 7. The van der Waals surface area contributed by atoms with Crippen LogP contribution in [0.15, 0.2) is 59.5 Å². The van der Waals surface area contributed by atoms with Gasteiger partial charge in [-0.25, -0.2) is 8.42 Å². The SMILES string of the molecule is COc1ccc(/C=C/C(=O)N[C@H](C)c2ccccc2)cc1S(=O)(=O)N1CCOCC1. The van der Waals surface area contributed by atoms with Crippen molar-refractivity contribution < 1.29 is 22.7 Å². The van der Waals surface area contributed by atoms with Gasteiger partial charge in [-0.2, -0.15) is 4.31 Å². The number of nitrogens with zero attached hydrogens (tertiary/aromatic N) is 1. The summed E-state index contributed by atoms with van der Waals surface area (Å²) in [5.74, 6) is 0.000510. The number of ether oxygens (including phenoxy) is 2. The predicted octanol–water partition coefficient (Wildman–Crippen LogP) is 2.61. The lowest BCUT2D eigenvalue weighted by atomic mass is 10.1. The van der Waals surface area contributed by atoms with Crippen molar-refractivity contribution in [3.8, 4) is 5.75 Å². The van der Waals surface area contributed by atoms with Crippen molar-refractivity contribution >= 4 is 22.0 Å². The van der Waals surface area contributed by atoms with E-state index in [4.69, 9.17) is 9.47 Å². The molecule has 1 aliphatic heterocycles. The molecule has 1 aliphatic rings. The molecule has 1 fully saturated rings. The monoisotopic (exact) mass is 430 g/mol. The Bertz CT molecular complexity index is 999. The van der Waals surface area contributed by atoms with Crippen molar-refractivity contribution in [2.45, 2.75) is 17.9 Å². The highest BCUT2D eigenvalue weighted by Crippen LogP contribution is 2.28. The maximum absolute atomic E-state index is 13.0. The van der Waals surface area contributed by atoms with Crippen molar-refractivity contribution in [3.05, 3.63) is 65.7 Å². The minimum absolute atomic E-state index is 0.0760. The lowest BCUT2D eigenvalue weighted by molar-refractivity contribution is -0.117. The van der Waals surface area contributed by atoms with Gasteiger partial charge in [0.25, 0.3) is 0 Å². The molecule has 2 aromatic carbocycles. The standard InChI is InChI=1S/C22H26N2O5S/c1-17(19-6-4-3-5-7-19)23-22(25)11-9-18-8-10-20(28-2)21(16-18)30(26,27)24-12-14-29-15-13-24/h3-11,16-17H,12-15H2,1-2H3,(H,23,25)/b11-9+/t17-/m1/s1. The average molecular weight is 431 g/mol. The Hall–Kier alpha value is -2.68. The van der Waals surface area contributed by atoms with E-state index in [1.807, 2.05) is 37.3 Å². The Labute approximate surface area is 177 Å². The number of morpholine rings is 1. The molecule has 0 spiro atoms. The van der Waals surface area contributed by atoms with E-state index in [9.17, 15) is 13.2 Å². The molecule has 1 heterocycles. The first kappa shape index (κ1) is 22.0. The van der Waals surface area contributed by atoms with E-state index >= 15 is 0 Å². The number of carbonyl (C=O) groups excluding carboxylic acids is 1. The second-order valence-electron chi connectivity index (χ2n) is 6.90. The Kier molecular flexibility index (Phi) is 7.25. The number of methoxy groups -OCH3 is 1. The topological polar surface area (TPSA) is 84.9 Å². The van der Waals surface area contributed by atoms with Gasteiger partial charge >= 0.3 is 0 Å². The molecule has 2 aromatic rings. The van der Waals surface area contributed by atoms with Crippen LogP contribution in [0.3, 0.4) is 0 Å². The third-order valence-electron chi connectivity index (χ3n) is 4.86. The average Bonchev–Trinajstić information content (AvgIpc) is 2.78. The number of sulfonamides is 1. The zero-order valence-corrected chi connectivity index (χ0v) is 17.9.